The van der Waals surface area contributed by atoms with Crippen LogP contribution in [0.2, 0.25) is 0 Å². The van der Waals surface area contributed by atoms with Crippen molar-refractivity contribution in [3.63, 3.8) is 0 Å². The number of hydrogen-bond donors (Lipinski definition) is 3. The molecular weight excluding hydrogens is 378 g/mol. The second-order valence-corrected chi connectivity index (χ2v) is 8.76. The van der Waals surface area contributed by atoms with Crippen LogP contribution in [0.4, 0.5) is 0 Å². The molecule has 0 aromatic heterocycles. The molecule has 5 nitrogen and oxygen atoms in total. The minimum Gasteiger partial charge on any atom is -0.393 e. The van der Waals surface area contributed by atoms with Crippen molar-refractivity contribution in [2.45, 2.75) is 103 Å². The summed E-state index contributed by atoms with van der Waals surface area (Å²) in [4.78, 5) is 11.6. The number of carbonyl (C=O) groups is 1. The third-order valence-corrected chi connectivity index (χ3v) is 5.69. The monoisotopic (exact) mass is 423 g/mol. The smallest absolute Gasteiger partial charge is 0.220 e. The summed E-state index contributed by atoms with van der Waals surface area (Å²) in [5.74, 6) is 0.203. The minimum atomic E-state index is -0.458. The maximum absolute atomic E-state index is 11.6. The highest BCUT2D eigenvalue weighted by molar-refractivity contribution is 5.76. The van der Waals surface area contributed by atoms with Crippen molar-refractivity contribution >= 4 is 5.91 Å². The lowest BCUT2D eigenvalue weighted by molar-refractivity contribution is -0.121. The summed E-state index contributed by atoms with van der Waals surface area (Å²) >= 11 is 0. The number of carbonyl (C=O) groups excluding carboxylic acids is 1. The number of allylic oxidation sites excluding steroid dienone is 3. The fourth-order valence-corrected chi connectivity index (χ4v) is 4.07. The normalized spacial score (nSPS) is 24.5. The van der Waals surface area contributed by atoms with Gasteiger partial charge in [0.25, 0.3) is 0 Å². The van der Waals surface area contributed by atoms with Crippen molar-refractivity contribution in [3.8, 4) is 0 Å². The highest BCUT2D eigenvalue weighted by Gasteiger charge is 2.39. The van der Waals surface area contributed by atoms with Crippen molar-refractivity contribution < 1.29 is 19.7 Å². The lowest BCUT2D eigenvalue weighted by Crippen LogP contribution is -2.29. The van der Waals surface area contributed by atoms with Crippen LogP contribution in [0.25, 0.3) is 0 Å². The largest absolute Gasteiger partial charge is 0.393 e. The number of aliphatic hydroxyl groups is 2. The average molecular weight is 424 g/mol. The Hall–Kier alpha value is -1.17. The molecule has 4 atom stereocenters. The van der Waals surface area contributed by atoms with Crippen LogP contribution < -0.4 is 5.32 Å². The van der Waals surface area contributed by atoms with E-state index in [1.807, 2.05) is 20.8 Å². The number of aliphatic hydroxyl groups excluding tert-OH is 2. The molecule has 30 heavy (non-hydrogen) atoms. The number of unbranched alkanes of at least 4 members (excludes halogenated alkanes) is 5. The van der Waals surface area contributed by atoms with Gasteiger partial charge in [-0.25, -0.2) is 0 Å². The summed E-state index contributed by atoms with van der Waals surface area (Å²) in [5, 5.41) is 23.6. The van der Waals surface area contributed by atoms with Crippen LogP contribution in [0.5, 0.6) is 0 Å². The Kier molecular flexibility index (Phi) is 14.8. The van der Waals surface area contributed by atoms with E-state index in [0.29, 0.717) is 12.8 Å². The molecule has 0 radical (unpaired) electrons. The maximum atomic E-state index is 11.6. The van der Waals surface area contributed by atoms with Crippen LogP contribution >= 0.6 is 0 Å². The Morgan fingerprint density at radius 1 is 1.03 bits per heavy atom. The van der Waals surface area contributed by atoms with Gasteiger partial charge in [-0.1, -0.05) is 37.1 Å². The van der Waals surface area contributed by atoms with Gasteiger partial charge in [0, 0.05) is 38.0 Å². The summed E-state index contributed by atoms with van der Waals surface area (Å²) in [6.45, 7) is 7.61. The Morgan fingerprint density at radius 2 is 1.77 bits per heavy atom. The van der Waals surface area contributed by atoms with Crippen LogP contribution in [0.3, 0.4) is 0 Å². The number of amides is 1. The predicted molar refractivity (Wildman–Crippen MR) is 123 cm³/mol. The van der Waals surface area contributed by atoms with Crippen molar-refractivity contribution in [2.75, 3.05) is 13.2 Å². The molecule has 0 aliphatic heterocycles. The topological polar surface area (TPSA) is 78.8 Å². The van der Waals surface area contributed by atoms with Crippen LogP contribution in [0.1, 0.15) is 85.0 Å². The number of hydrogen-bond acceptors (Lipinski definition) is 4. The van der Waals surface area contributed by atoms with Gasteiger partial charge in [-0.2, -0.15) is 0 Å². The first-order chi connectivity index (χ1) is 14.5. The van der Waals surface area contributed by atoms with Crippen LogP contribution in [0.15, 0.2) is 24.3 Å². The highest BCUT2D eigenvalue weighted by atomic mass is 16.5. The Labute approximate surface area is 184 Å². The third kappa shape index (κ3) is 11.9. The van der Waals surface area contributed by atoms with Crippen molar-refractivity contribution in [1.29, 1.82) is 0 Å². The fraction of sp³-hybridized carbons (Fsp3) is 0.800. The zero-order chi connectivity index (χ0) is 22.2. The first kappa shape index (κ1) is 26.9. The Bertz CT molecular complexity index is 503. The molecule has 1 saturated carbocycles. The van der Waals surface area contributed by atoms with Gasteiger partial charge in [0.05, 0.1) is 12.2 Å². The van der Waals surface area contributed by atoms with Crippen LogP contribution in [-0.2, 0) is 9.53 Å². The molecule has 0 saturated heterocycles. The molecule has 0 bridgehead atoms. The Balaban J connectivity index is 2.26. The molecule has 1 aliphatic rings. The first-order valence-electron chi connectivity index (χ1n) is 12.0. The van der Waals surface area contributed by atoms with Crippen molar-refractivity contribution in [1.82, 2.24) is 5.32 Å². The molecule has 174 valence electrons. The van der Waals surface area contributed by atoms with E-state index in [1.54, 1.807) is 0 Å². The molecule has 1 rings (SSSR count). The first-order valence-corrected chi connectivity index (χ1v) is 12.0. The highest BCUT2D eigenvalue weighted by Crippen LogP contribution is 2.36. The quantitative estimate of drug-likeness (QED) is 0.252. The molecule has 1 amide bonds. The molecule has 0 heterocycles. The van der Waals surface area contributed by atoms with E-state index in [-0.39, 0.29) is 23.8 Å². The van der Waals surface area contributed by atoms with Crippen LogP contribution in [-0.4, -0.2) is 47.6 Å². The van der Waals surface area contributed by atoms with Gasteiger partial charge in [0.15, 0.2) is 0 Å². The lowest BCUT2D eigenvalue weighted by atomic mass is 9.89. The lowest BCUT2D eigenvalue weighted by Gasteiger charge is -2.19. The molecule has 0 aromatic carbocycles. The summed E-state index contributed by atoms with van der Waals surface area (Å²) in [6, 6.07) is 0.189. The predicted octanol–water partition coefficient (Wildman–Crippen LogP) is 4.53. The van der Waals surface area contributed by atoms with E-state index in [4.69, 9.17) is 4.74 Å². The number of ether oxygens (including phenoxy) is 1. The number of rotatable bonds is 16. The second-order valence-electron chi connectivity index (χ2n) is 8.76. The third-order valence-electron chi connectivity index (χ3n) is 5.69. The molecule has 5 heteroatoms. The van der Waals surface area contributed by atoms with E-state index in [9.17, 15) is 15.0 Å². The van der Waals surface area contributed by atoms with Gasteiger partial charge in [-0.15, -0.1) is 0 Å². The standard InChI is InChI=1S/C25H45NO4/c1-4-30-18-14-10-6-5-7-11-15-21-22(24(28)19-23(21)27)16-12-8-9-13-17-25(29)26-20(2)3/h8,11-12,15,20-24,27-28H,4-7,9-10,13-14,16-19H2,1-3H3,(H,26,29)/b12-8-,15-11+/t21-,22?,23-,24+/m1/s1. The summed E-state index contributed by atoms with van der Waals surface area (Å²) in [6.07, 6.45) is 16.8. The maximum Gasteiger partial charge on any atom is 0.220 e. The molecule has 1 fully saturated rings. The van der Waals surface area contributed by atoms with E-state index < -0.39 is 12.2 Å². The average Bonchev–Trinajstić information content (AvgIpc) is 2.95. The van der Waals surface area contributed by atoms with Gasteiger partial charge < -0.3 is 20.3 Å². The fourth-order valence-electron chi connectivity index (χ4n) is 4.07. The van der Waals surface area contributed by atoms with E-state index in [0.717, 1.165) is 51.7 Å². The van der Waals surface area contributed by atoms with Gasteiger partial charge in [0.2, 0.25) is 5.91 Å². The molecule has 3 N–H and O–H groups in total. The second kappa shape index (κ2) is 16.5. The summed E-state index contributed by atoms with van der Waals surface area (Å²) in [7, 11) is 0. The zero-order valence-electron chi connectivity index (χ0n) is 19.4. The van der Waals surface area contributed by atoms with Gasteiger partial charge in [-0.3, -0.25) is 4.79 Å². The Morgan fingerprint density at radius 3 is 2.50 bits per heavy atom. The molecule has 1 unspecified atom stereocenters. The van der Waals surface area contributed by atoms with Gasteiger partial charge in [-0.05, 0) is 65.2 Å². The van der Waals surface area contributed by atoms with E-state index >= 15 is 0 Å². The van der Waals surface area contributed by atoms with Crippen molar-refractivity contribution in [3.05, 3.63) is 24.3 Å². The zero-order valence-corrected chi connectivity index (χ0v) is 19.4. The molecule has 1 aliphatic carbocycles. The number of nitrogens with one attached hydrogen (secondary N) is 1. The van der Waals surface area contributed by atoms with E-state index in [2.05, 4.69) is 29.6 Å². The van der Waals surface area contributed by atoms with Crippen LogP contribution in [0, 0.1) is 11.8 Å². The van der Waals surface area contributed by atoms with Gasteiger partial charge in [0.1, 0.15) is 0 Å². The van der Waals surface area contributed by atoms with Crippen molar-refractivity contribution in [2.24, 2.45) is 11.8 Å². The minimum absolute atomic E-state index is 0.0272. The summed E-state index contributed by atoms with van der Waals surface area (Å²) in [5.41, 5.74) is 0. The molecule has 0 aromatic rings. The summed E-state index contributed by atoms with van der Waals surface area (Å²) < 4.78 is 5.35. The van der Waals surface area contributed by atoms with E-state index in [1.165, 1.54) is 12.8 Å². The SMILES string of the molecule is CCOCCCCCC/C=C/[C@@H]1C(C/C=C\CCCC(=O)NC(C)C)[C@@H](O)C[C@H]1O. The molecular formula is C25H45NO4. The molecule has 0 spiro atoms. The van der Waals surface area contributed by atoms with Gasteiger partial charge >= 0.3 is 0 Å².